The summed E-state index contributed by atoms with van der Waals surface area (Å²) in [5.41, 5.74) is -0.0403. The van der Waals surface area contributed by atoms with Crippen molar-refractivity contribution in [1.29, 1.82) is 0 Å². The maximum absolute atomic E-state index is 13.2. The zero-order chi connectivity index (χ0) is 23.4. The number of amides is 2. The number of hydrogen-bond donors (Lipinski definition) is 0. The highest BCUT2D eigenvalue weighted by molar-refractivity contribution is 6.31. The van der Waals surface area contributed by atoms with Crippen LogP contribution in [0, 0.1) is 12.3 Å². The van der Waals surface area contributed by atoms with Gasteiger partial charge in [-0.2, -0.15) is 0 Å². The Balaban J connectivity index is 1.76. The van der Waals surface area contributed by atoms with E-state index in [2.05, 4.69) is 20.8 Å². The first-order chi connectivity index (χ1) is 15.1. The lowest BCUT2D eigenvalue weighted by Crippen LogP contribution is -2.58. The molecule has 7 heteroatoms. The van der Waals surface area contributed by atoms with Gasteiger partial charge in [0.25, 0.3) is 0 Å². The molecule has 2 amide bonds. The predicted molar refractivity (Wildman–Crippen MR) is 126 cm³/mol. The molecule has 0 aliphatic carbocycles. The highest BCUT2D eigenvalue weighted by Crippen LogP contribution is 2.29. The third kappa shape index (κ3) is 6.85. The Kier molecular flexibility index (Phi) is 8.10. The van der Waals surface area contributed by atoms with Crippen LogP contribution >= 0.6 is 11.6 Å². The van der Waals surface area contributed by atoms with Crippen LogP contribution in [0.15, 0.2) is 18.2 Å². The van der Waals surface area contributed by atoms with Crippen LogP contribution in [-0.4, -0.2) is 66.6 Å². The second kappa shape index (κ2) is 10.4. The van der Waals surface area contributed by atoms with Gasteiger partial charge in [-0.05, 0) is 55.4 Å². The summed E-state index contributed by atoms with van der Waals surface area (Å²) in [5.74, 6) is 0.849. The Morgan fingerprint density at radius 2 is 1.81 bits per heavy atom. The standard InChI is InChI=1S/C25H37ClN2O4/c1-19-14-20(8-9-21(19)26)31-18-25(16-23(30)27-10-6-5-7-11-27)17-28(12-13-32-25)22(29)15-24(2,3)4/h8-9,14H,5-7,10-13,15-18H2,1-4H3. The van der Waals surface area contributed by atoms with Gasteiger partial charge in [0, 0.05) is 31.1 Å². The van der Waals surface area contributed by atoms with E-state index < -0.39 is 5.60 Å². The highest BCUT2D eigenvalue weighted by atomic mass is 35.5. The Morgan fingerprint density at radius 3 is 2.47 bits per heavy atom. The molecule has 0 saturated carbocycles. The number of morpholine rings is 1. The van der Waals surface area contributed by atoms with Gasteiger partial charge in [-0.15, -0.1) is 0 Å². The molecule has 2 saturated heterocycles. The third-order valence-corrected chi connectivity index (χ3v) is 6.52. The first-order valence-corrected chi connectivity index (χ1v) is 12.0. The van der Waals surface area contributed by atoms with Crippen LogP contribution in [0.3, 0.4) is 0 Å². The molecule has 2 fully saturated rings. The number of halogens is 1. The minimum atomic E-state index is -0.867. The molecule has 0 bridgehead atoms. The van der Waals surface area contributed by atoms with E-state index in [0.717, 1.165) is 31.5 Å². The molecular formula is C25H37ClN2O4. The molecule has 1 atom stereocenters. The smallest absolute Gasteiger partial charge is 0.225 e. The van der Waals surface area contributed by atoms with Gasteiger partial charge < -0.3 is 19.3 Å². The first-order valence-electron chi connectivity index (χ1n) is 11.7. The van der Waals surface area contributed by atoms with E-state index in [-0.39, 0.29) is 30.3 Å². The van der Waals surface area contributed by atoms with Gasteiger partial charge in [0.15, 0.2) is 0 Å². The summed E-state index contributed by atoms with van der Waals surface area (Å²) in [6.07, 6.45) is 3.91. The van der Waals surface area contributed by atoms with Gasteiger partial charge in [0.2, 0.25) is 11.8 Å². The molecule has 178 valence electrons. The Labute approximate surface area is 197 Å². The van der Waals surface area contributed by atoms with E-state index in [9.17, 15) is 9.59 Å². The number of rotatable bonds is 6. The minimum Gasteiger partial charge on any atom is -0.490 e. The normalized spacial score (nSPS) is 22.0. The molecule has 0 radical (unpaired) electrons. The number of ether oxygens (including phenoxy) is 2. The minimum absolute atomic E-state index is 0.0747. The van der Waals surface area contributed by atoms with E-state index in [1.54, 1.807) is 6.07 Å². The summed E-state index contributed by atoms with van der Waals surface area (Å²) in [7, 11) is 0. The summed E-state index contributed by atoms with van der Waals surface area (Å²) in [6, 6.07) is 5.51. The fraction of sp³-hybridized carbons (Fsp3) is 0.680. The van der Waals surface area contributed by atoms with Gasteiger partial charge >= 0.3 is 0 Å². The summed E-state index contributed by atoms with van der Waals surface area (Å²) in [6.45, 7) is 11.2. The first kappa shape index (κ1) is 24.8. The monoisotopic (exact) mass is 464 g/mol. The average Bonchev–Trinajstić information content (AvgIpc) is 2.74. The summed E-state index contributed by atoms with van der Waals surface area (Å²) in [5, 5.41) is 0.681. The lowest BCUT2D eigenvalue weighted by molar-refractivity contribution is -0.167. The van der Waals surface area contributed by atoms with Crippen LogP contribution < -0.4 is 4.74 Å². The summed E-state index contributed by atoms with van der Waals surface area (Å²) >= 11 is 6.14. The Bertz CT molecular complexity index is 817. The number of hydrogen-bond acceptors (Lipinski definition) is 4. The molecule has 1 aromatic carbocycles. The van der Waals surface area contributed by atoms with Crippen LogP contribution in [0.2, 0.25) is 5.02 Å². The number of nitrogens with zero attached hydrogens (tertiary/aromatic N) is 2. The Morgan fingerprint density at radius 1 is 1.09 bits per heavy atom. The summed E-state index contributed by atoms with van der Waals surface area (Å²) in [4.78, 5) is 29.9. The molecule has 3 rings (SSSR count). The number of piperidine rings is 1. The third-order valence-electron chi connectivity index (χ3n) is 6.10. The van der Waals surface area contributed by atoms with Crippen molar-refractivity contribution in [3.63, 3.8) is 0 Å². The van der Waals surface area contributed by atoms with Crippen molar-refractivity contribution in [1.82, 2.24) is 9.80 Å². The number of aryl methyl sites for hydroxylation is 1. The van der Waals surface area contributed by atoms with E-state index in [0.29, 0.717) is 36.9 Å². The molecule has 0 aromatic heterocycles. The second-order valence-corrected chi connectivity index (χ2v) is 10.8. The van der Waals surface area contributed by atoms with E-state index >= 15 is 0 Å². The number of carbonyl (C=O) groups is 2. The molecule has 2 aliphatic heterocycles. The van der Waals surface area contributed by atoms with Crippen molar-refractivity contribution in [3.8, 4) is 5.75 Å². The van der Waals surface area contributed by atoms with Crippen LogP contribution in [0.1, 0.15) is 58.4 Å². The maximum Gasteiger partial charge on any atom is 0.225 e. The maximum atomic E-state index is 13.2. The van der Waals surface area contributed by atoms with Gasteiger partial charge in [-0.1, -0.05) is 32.4 Å². The van der Waals surface area contributed by atoms with Gasteiger partial charge in [-0.25, -0.2) is 0 Å². The van der Waals surface area contributed by atoms with Crippen LogP contribution in [0.5, 0.6) is 5.75 Å². The molecule has 2 aliphatic rings. The second-order valence-electron chi connectivity index (χ2n) is 10.4. The van der Waals surface area contributed by atoms with Crippen molar-refractivity contribution in [2.45, 2.75) is 65.4 Å². The van der Waals surface area contributed by atoms with Crippen molar-refractivity contribution in [3.05, 3.63) is 28.8 Å². The van der Waals surface area contributed by atoms with Crippen molar-refractivity contribution in [2.75, 3.05) is 39.4 Å². The van der Waals surface area contributed by atoms with Crippen LogP contribution in [0.25, 0.3) is 0 Å². The number of carbonyl (C=O) groups excluding carboxylic acids is 2. The lowest BCUT2D eigenvalue weighted by Gasteiger charge is -2.43. The van der Waals surface area contributed by atoms with Gasteiger partial charge in [0.05, 0.1) is 19.6 Å². The van der Waals surface area contributed by atoms with E-state index in [1.165, 1.54) is 6.42 Å². The largest absolute Gasteiger partial charge is 0.490 e. The number of benzene rings is 1. The van der Waals surface area contributed by atoms with Crippen molar-refractivity contribution in [2.24, 2.45) is 5.41 Å². The lowest BCUT2D eigenvalue weighted by atomic mass is 9.90. The molecule has 6 nitrogen and oxygen atoms in total. The van der Waals surface area contributed by atoms with Crippen LogP contribution in [0.4, 0.5) is 0 Å². The molecule has 1 unspecified atom stereocenters. The Hall–Kier alpha value is -1.79. The molecule has 1 aromatic rings. The van der Waals surface area contributed by atoms with E-state index in [4.69, 9.17) is 21.1 Å². The van der Waals surface area contributed by atoms with E-state index in [1.807, 2.05) is 28.9 Å². The predicted octanol–water partition coefficient (Wildman–Crippen LogP) is 4.46. The fourth-order valence-corrected chi connectivity index (χ4v) is 4.44. The van der Waals surface area contributed by atoms with Crippen molar-refractivity contribution < 1.29 is 19.1 Å². The van der Waals surface area contributed by atoms with Crippen molar-refractivity contribution >= 4 is 23.4 Å². The SMILES string of the molecule is Cc1cc(OCC2(CC(=O)N3CCCCC3)CN(C(=O)CC(C)(C)C)CCO2)ccc1Cl. The highest BCUT2D eigenvalue weighted by Gasteiger charge is 2.42. The topological polar surface area (TPSA) is 59.1 Å². The van der Waals surface area contributed by atoms with Gasteiger partial charge in [0.1, 0.15) is 18.0 Å². The zero-order valence-corrected chi connectivity index (χ0v) is 20.7. The number of likely N-dealkylation sites (tertiary alicyclic amines) is 1. The van der Waals surface area contributed by atoms with Crippen LogP contribution in [-0.2, 0) is 14.3 Å². The quantitative estimate of drug-likeness (QED) is 0.623. The molecule has 32 heavy (non-hydrogen) atoms. The molecule has 0 N–H and O–H groups in total. The van der Waals surface area contributed by atoms with Gasteiger partial charge in [-0.3, -0.25) is 9.59 Å². The fourth-order valence-electron chi connectivity index (χ4n) is 4.32. The zero-order valence-electron chi connectivity index (χ0n) is 19.9. The molecular weight excluding hydrogens is 428 g/mol. The average molecular weight is 465 g/mol. The molecule has 2 heterocycles. The summed E-state index contributed by atoms with van der Waals surface area (Å²) < 4.78 is 12.3. The molecule has 0 spiro atoms.